The van der Waals surface area contributed by atoms with Gasteiger partial charge in [0.2, 0.25) is 0 Å². The molecule has 6 heteroatoms. The van der Waals surface area contributed by atoms with Crippen LogP contribution in [0.2, 0.25) is 0 Å². The summed E-state index contributed by atoms with van der Waals surface area (Å²) in [4.78, 5) is 0. The van der Waals surface area contributed by atoms with Gasteiger partial charge in [-0.05, 0) is 37.3 Å². The van der Waals surface area contributed by atoms with E-state index in [9.17, 15) is 13.2 Å². The minimum absolute atomic E-state index is 0.295. The maximum atomic E-state index is 12.8. The van der Waals surface area contributed by atoms with Gasteiger partial charge in [0, 0.05) is 11.4 Å². The summed E-state index contributed by atoms with van der Waals surface area (Å²) in [6.07, 6.45) is -4.48. The molecule has 0 saturated carbocycles. The number of anilines is 3. The highest BCUT2D eigenvalue weighted by atomic mass is 19.4. The Labute approximate surface area is 120 Å². The SMILES string of the molecule is CCOc1ccccc1Nc1ccc(N)c(C(F)(F)F)c1. The van der Waals surface area contributed by atoms with Crippen molar-refractivity contribution in [3.8, 4) is 5.75 Å². The Morgan fingerprint density at radius 1 is 1.14 bits per heavy atom. The second-order valence-corrected chi connectivity index (χ2v) is 4.35. The standard InChI is InChI=1S/C15H15F3N2O/c1-2-21-14-6-4-3-5-13(14)20-10-7-8-12(19)11(9-10)15(16,17)18/h3-9,20H,2,19H2,1H3. The van der Waals surface area contributed by atoms with Gasteiger partial charge in [-0.15, -0.1) is 0 Å². The maximum absolute atomic E-state index is 12.8. The van der Waals surface area contributed by atoms with E-state index in [0.717, 1.165) is 6.07 Å². The van der Waals surface area contributed by atoms with E-state index in [1.807, 2.05) is 6.92 Å². The summed E-state index contributed by atoms with van der Waals surface area (Å²) in [5.41, 5.74) is 5.10. The molecule has 3 nitrogen and oxygen atoms in total. The van der Waals surface area contributed by atoms with Crippen molar-refractivity contribution in [3.63, 3.8) is 0 Å². The lowest BCUT2D eigenvalue weighted by Crippen LogP contribution is -2.09. The molecule has 21 heavy (non-hydrogen) atoms. The highest BCUT2D eigenvalue weighted by molar-refractivity contribution is 5.69. The van der Waals surface area contributed by atoms with Crippen LogP contribution >= 0.6 is 0 Å². The molecule has 0 aliphatic heterocycles. The number of para-hydroxylation sites is 2. The summed E-state index contributed by atoms with van der Waals surface area (Å²) in [6, 6.07) is 10.7. The van der Waals surface area contributed by atoms with E-state index in [1.54, 1.807) is 24.3 Å². The fourth-order valence-electron chi connectivity index (χ4n) is 1.89. The first-order chi connectivity index (χ1) is 9.91. The summed E-state index contributed by atoms with van der Waals surface area (Å²) in [5, 5.41) is 2.92. The van der Waals surface area contributed by atoms with Crippen LogP contribution in [0.3, 0.4) is 0 Å². The number of ether oxygens (including phenoxy) is 1. The summed E-state index contributed by atoms with van der Waals surface area (Å²) in [5.74, 6) is 0.574. The zero-order valence-electron chi connectivity index (χ0n) is 11.4. The average molecular weight is 296 g/mol. The molecule has 2 aromatic carbocycles. The molecule has 0 aliphatic carbocycles. The van der Waals surface area contributed by atoms with Crippen LogP contribution in [0.1, 0.15) is 12.5 Å². The van der Waals surface area contributed by atoms with E-state index in [2.05, 4.69) is 5.32 Å². The van der Waals surface area contributed by atoms with Crippen molar-refractivity contribution in [1.29, 1.82) is 0 Å². The number of rotatable bonds is 4. The van der Waals surface area contributed by atoms with Gasteiger partial charge in [0.15, 0.2) is 0 Å². The minimum Gasteiger partial charge on any atom is -0.492 e. The first-order valence-corrected chi connectivity index (χ1v) is 6.37. The Morgan fingerprint density at radius 3 is 2.52 bits per heavy atom. The fourth-order valence-corrected chi connectivity index (χ4v) is 1.89. The van der Waals surface area contributed by atoms with E-state index in [1.165, 1.54) is 12.1 Å². The molecule has 0 fully saturated rings. The minimum atomic E-state index is -4.48. The lowest BCUT2D eigenvalue weighted by Gasteiger charge is -2.15. The molecule has 0 bridgehead atoms. The summed E-state index contributed by atoms with van der Waals surface area (Å²) >= 11 is 0. The lowest BCUT2D eigenvalue weighted by molar-refractivity contribution is -0.136. The lowest BCUT2D eigenvalue weighted by atomic mass is 10.1. The van der Waals surface area contributed by atoms with Crippen molar-refractivity contribution in [2.24, 2.45) is 0 Å². The summed E-state index contributed by atoms with van der Waals surface area (Å²) in [7, 11) is 0. The fraction of sp³-hybridized carbons (Fsp3) is 0.200. The second-order valence-electron chi connectivity index (χ2n) is 4.35. The van der Waals surface area contributed by atoms with Crippen LogP contribution in [0.4, 0.5) is 30.2 Å². The van der Waals surface area contributed by atoms with Crippen molar-refractivity contribution >= 4 is 17.1 Å². The molecule has 0 spiro atoms. The molecule has 0 amide bonds. The number of hydrogen-bond acceptors (Lipinski definition) is 3. The quantitative estimate of drug-likeness (QED) is 0.820. The highest BCUT2D eigenvalue weighted by Crippen LogP contribution is 2.36. The number of nitrogens with one attached hydrogen (secondary N) is 1. The first kappa shape index (κ1) is 15.0. The monoisotopic (exact) mass is 296 g/mol. The molecule has 0 saturated heterocycles. The van der Waals surface area contributed by atoms with Gasteiger partial charge in [0.05, 0.1) is 17.9 Å². The number of nitrogens with two attached hydrogens (primary N) is 1. The molecular formula is C15H15F3N2O. The molecule has 3 N–H and O–H groups in total. The second kappa shape index (κ2) is 5.95. The third-order valence-corrected chi connectivity index (χ3v) is 2.82. The van der Waals surface area contributed by atoms with Gasteiger partial charge >= 0.3 is 6.18 Å². The largest absolute Gasteiger partial charge is 0.492 e. The zero-order valence-corrected chi connectivity index (χ0v) is 11.4. The third kappa shape index (κ3) is 3.59. The predicted octanol–water partition coefficient (Wildman–Crippen LogP) is 4.43. The molecular weight excluding hydrogens is 281 g/mol. The van der Waals surface area contributed by atoms with E-state index < -0.39 is 11.7 Å². The maximum Gasteiger partial charge on any atom is 0.418 e. The molecule has 2 rings (SSSR count). The van der Waals surface area contributed by atoms with Gasteiger partial charge in [-0.25, -0.2) is 0 Å². The van der Waals surface area contributed by atoms with Crippen LogP contribution in [0, 0.1) is 0 Å². The van der Waals surface area contributed by atoms with Crippen molar-refractivity contribution < 1.29 is 17.9 Å². The number of nitrogen functional groups attached to an aromatic ring is 1. The normalized spacial score (nSPS) is 11.2. The van der Waals surface area contributed by atoms with Gasteiger partial charge in [0.1, 0.15) is 5.75 Å². The zero-order chi connectivity index (χ0) is 15.5. The van der Waals surface area contributed by atoms with Crippen LogP contribution in [0.5, 0.6) is 5.75 Å². The van der Waals surface area contributed by atoms with Crippen LogP contribution in [-0.2, 0) is 6.18 Å². The number of benzene rings is 2. The molecule has 0 heterocycles. The summed E-state index contributed by atoms with van der Waals surface area (Å²) in [6.45, 7) is 2.30. The number of hydrogen-bond donors (Lipinski definition) is 2. The van der Waals surface area contributed by atoms with Gasteiger partial charge in [-0.2, -0.15) is 13.2 Å². The topological polar surface area (TPSA) is 47.3 Å². The van der Waals surface area contributed by atoms with Gasteiger partial charge in [-0.3, -0.25) is 0 Å². The third-order valence-electron chi connectivity index (χ3n) is 2.82. The van der Waals surface area contributed by atoms with E-state index in [0.29, 0.717) is 23.7 Å². The molecule has 0 atom stereocenters. The van der Waals surface area contributed by atoms with E-state index >= 15 is 0 Å². The van der Waals surface area contributed by atoms with Crippen LogP contribution in [0.15, 0.2) is 42.5 Å². The Balaban J connectivity index is 2.33. The van der Waals surface area contributed by atoms with Crippen molar-refractivity contribution in [3.05, 3.63) is 48.0 Å². The molecule has 2 aromatic rings. The van der Waals surface area contributed by atoms with Crippen LogP contribution in [0.25, 0.3) is 0 Å². The van der Waals surface area contributed by atoms with Gasteiger partial charge < -0.3 is 15.8 Å². The van der Waals surface area contributed by atoms with Gasteiger partial charge in [0.25, 0.3) is 0 Å². The molecule has 112 valence electrons. The van der Waals surface area contributed by atoms with Gasteiger partial charge in [-0.1, -0.05) is 12.1 Å². The molecule has 0 radical (unpaired) electrons. The Kier molecular flexibility index (Phi) is 4.26. The molecule has 0 aliphatic rings. The smallest absolute Gasteiger partial charge is 0.418 e. The number of halogens is 3. The van der Waals surface area contributed by atoms with E-state index in [-0.39, 0.29) is 5.69 Å². The van der Waals surface area contributed by atoms with Crippen LogP contribution < -0.4 is 15.8 Å². The highest BCUT2D eigenvalue weighted by Gasteiger charge is 2.33. The van der Waals surface area contributed by atoms with Crippen molar-refractivity contribution in [2.45, 2.75) is 13.1 Å². The Bertz CT molecular complexity index is 627. The van der Waals surface area contributed by atoms with Crippen molar-refractivity contribution in [1.82, 2.24) is 0 Å². The average Bonchev–Trinajstić information content (AvgIpc) is 2.42. The number of alkyl halides is 3. The predicted molar refractivity (Wildman–Crippen MR) is 76.8 cm³/mol. The Morgan fingerprint density at radius 2 is 1.86 bits per heavy atom. The molecule has 0 unspecified atom stereocenters. The van der Waals surface area contributed by atoms with Crippen LogP contribution in [-0.4, -0.2) is 6.61 Å². The first-order valence-electron chi connectivity index (χ1n) is 6.37. The summed E-state index contributed by atoms with van der Waals surface area (Å²) < 4.78 is 43.9. The van der Waals surface area contributed by atoms with E-state index in [4.69, 9.17) is 10.5 Å². The van der Waals surface area contributed by atoms with Crippen molar-refractivity contribution in [2.75, 3.05) is 17.7 Å². The molecule has 0 aromatic heterocycles. The Hall–Kier alpha value is -2.37.